The van der Waals surface area contributed by atoms with Crippen LogP contribution in [0.1, 0.15) is 37.2 Å². The molecular formula is C11H19N3O2S. The first kappa shape index (κ1) is 12.6. The average Bonchev–Trinajstić information content (AvgIpc) is 2.76. The molecule has 1 N–H and O–H groups in total. The maximum atomic E-state index is 11.8. The highest BCUT2D eigenvalue weighted by atomic mass is 32.2. The van der Waals surface area contributed by atoms with Gasteiger partial charge in [0, 0.05) is 30.9 Å². The fraction of sp³-hybridized carbons (Fsp3) is 0.727. The van der Waals surface area contributed by atoms with Crippen LogP contribution in [0, 0.1) is 6.92 Å². The standard InChI is InChI=1S/C11H19N3O2S/c1-3-17(15,16)14-6-4-5-10(8-14)11-12-7-9(2)13-11/h7,10H,3-6,8H2,1-2H3,(H,12,13)/t10-/m1/s1. The lowest BCUT2D eigenvalue weighted by Gasteiger charge is -2.30. The number of rotatable bonds is 3. The predicted molar refractivity (Wildman–Crippen MR) is 66.3 cm³/mol. The van der Waals surface area contributed by atoms with Gasteiger partial charge in [0.05, 0.1) is 5.75 Å². The van der Waals surface area contributed by atoms with E-state index in [2.05, 4.69) is 9.97 Å². The number of aryl methyl sites for hydroxylation is 1. The Morgan fingerprint density at radius 2 is 2.35 bits per heavy atom. The van der Waals surface area contributed by atoms with E-state index in [1.807, 2.05) is 6.92 Å². The van der Waals surface area contributed by atoms with Crippen LogP contribution in [-0.4, -0.2) is 41.5 Å². The number of imidazole rings is 1. The van der Waals surface area contributed by atoms with E-state index in [0.717, 1.165) is 24.4 Å². The molecule has 0 radical (unpaired) electrons. The quantitative estimate of drug-likeness (QED) is 0.886. The number of nitrogens with zero attached hydrogens (tertiary/aromatic N) is 2. The van der Waals surface area contributed by atoms with Crippen LogP contribution in [0.15, 0.2) is 6.20 Å². The molecule has 0 bridgehead atoms. The molecule has 1 saturated heterocycles. The molecule has 1 aromatic heterocycles. The molecule has 5 nitrogen and oxygen atoms in total. The van der Waals surface area contributed by atoms with Crippen molar-refractivity contribution in [3.05, 3.63) is 17.7 Å². The Balaban J connectivity index is 2.13. The molecule has 17 heavy (non-hydrogen) atoms. The fourth-order valence-electron chi connectivity index (χ4n) is 2.24. The summed E-state index contributed by atoms with van der Waals surface area (Å²) in [4.78, 5) is 7.51. The van der Waals surface area contributed by atoms with Crippen LogP contribution in [0.3, 0.4) is 0 Å². The van der Waals surface area contributed by atoms with Crippen molar-refractivity contribution in [1.82, 2.24) is 14.3 Å². The summed E-state index contributed by atoms with van der Waals surface area (Å²) in [5.74, 6) is 1.30. The molecule has 1 aliphatic heterocycles. The largest absolute Gasteiger partial charge is 0.346 e. The van der Waals surface area contributed by atoms with Crippen LogP contribution < -0.4 is 0 Å². The second-order valence-electron chi connectivity index (χ2n) is 4.55. The molecule has 1 fully saturated rings. The van der Waals surface area contributed by atoms with Crippen LogP contribution in [-0.2, 0) is 10.0 Å². The van der Waals surface area contributed by atoms with Crippen LogP contribution in [0.5, 0.6) is 0 Å². The molecule has 6 heteroatoms. The zero-order chi connectivity index (χ0) is 12.5. The first-order chi connectivity index (χ1) is 8.03. The molecule has 0 aliphatic carbocycles. The monoisotopic (exact) mass is 257 g/mol. The van der Waals surface area contributed by atoms with E-state index in [1.54, 1.807) is 17.4 Å². The Morgan fingerprint density at radius 3 is 2.94 bits per heavy atom. The van der Waals surface area contributed by atoms with Crippen LogP contribution in [0.25, 0.3) is 0 Å². The van der Waals surface area contributed by atoms with Gasteiger partial charge in [-0.2, -0.15) is 0 Å². The van der Waals surface area contributed by atoms with Crippen molar-refractivity contribution in [1.29, 1.82) is 0 Å². The minimum absolute atomic E-state index is 0.177. The molecule has 1 aromatic rings. The van der Waals surface area contributed by atoms with Gasteiger partial charge in [0.15, 0.2) is 0 Å². The minimum atomic E-state index is -3.06. The van der Waals surface area contributed by atoms with E-state index in [1.165, 1.54) is 0 Å². The average molecular weight is 257 g/mol. The van der Waals surface area contributed by atoms with E-state index in [9.17, 15) is 8.42 Å². The third-order valence-corrected chi connectivity index (χ3v) is 5.10. The highest BCUT2D eigenvalue weighted by Gasteiger charge is 2.29. The topological polar surface area (TPSA) is 66.1 Å². The minimum Gasteiger partial charge on any atom is -0.346 e. The SMILES string of the molecule is CCS(=O)(=O)N1CCC[C@@H](c2ncc(C)[nH]2)C1. The molecule has 1 atom stereocenters. The number of H-pyrrole nitrogens is 1. The molecule has 0 amide bonds. The normalized spacial score (nSPS) is 22.8. The Hall–Kier alpha value is -0.880. The van der Waals surface area contributed by atoms with Gasteiger partial charge in [-0.25, -0.2) is 17.7 Å². The van der Waals surface area contributed by atoms with Crippen molar-refractivity contribution in [2.45, 2.75) is 32.6 Å². The molecule has 0 saturated carbocycles. The summed E-state index contributed by atoms with van der Waals surface area (Å²) in [6, 6.07) is 0. The number of hydrogen-bond donors (Lipinski definition) is 1. The number of aromatic amines is 1. The molecule has 0 spiro atoms. The van der Waals surface area contributed by atoms with Gasteiger partial charge in [-0.1, -0.05) is 0 Å². The zero-order valence-electron chi connectivity index (χ0n) is 10.3. The van der Waals surface area contributed by atoms with Gasteiger partial charge in [-0.15, -0.1) is 0 Å². The van der Waals surface area contributed by atoms with Crippen LogP contribution in [0.4, 0.5) is 0 Å². The Bertz CT molecular complexity index is 481. The summed E-state index contributed by atoms with van der Waals surface area (Å²) in [6.45, 7) is 4.85. The van der Waals surface area contributed by atoms with Crippen LogP contribution in [0.2, 0.25) is 0 Å². The Kier molecular flexibility index (Phi) is 3.53. The van der Waals surface area contributed by atoms with Gasteiger partial charge in [0.2, 0.25) is 10.0 Å². The maximum Gasteiger partial charge on any atom is 0.213 e. The number of sulfonamides is 1. The third kappa shape index (κ3) is 2.69. The summed E-state index contributed by atoms with van der Waals surface area (Å²) in [5, 5.41) is 0. The summed E-state index contributed by atoms with van der Waals surface area (Å²) >= 11 is 0. The highest BCUT2D eigenvalue weighted by molar-refractivity contribution is 7.89. The Labute approximate surface area is 102 Å². The molecular weight excluding hydrogens is 238 g/mol. The second-order valence-corrected chi connectivity index (χ2v) is 6.81. The molecule has 2 heterocycles. The van der Waals surface area contributed by atoms with Crippen molar-refractivity contribution in [3.8, 4) is 0 Å². The lowest BCUT2D eigenvalue weighted by atomic mass is 9.99. The molecule has 2 rings (SSSR count). The summed E-state index contributed by atoms with van der Waals surface area (Å²) in [5.41, 5.74) is 1.02. The second kappa shape index (κ2) is 4.78. The highest BCUT2D eigenvalue weighted by Crippen LogP contribution is 2.26. The first-order valence-electron chi connectivity index (χ1n) is 6.02. The molecule has 0 unspecified atom stereocenters. The maximum absolute atomic E-state index is 11.8. The van der Waals surface area contributed by atoms with Gasteiger partial charge in [-0.05, 0) is 26.7 Å². The molecule has 0 aromatic carbocycles. The number of nitrogens with one attached hydrogen (secondary N) is 1. The number of piperidine rings is 1. The lowest BCUT2D eigenvalue weighted by Crippen LogP contribution is -2.40. The first-order valence-corrected chi connectivity index (χ1v) is 7.63. The van der Waals surface area contributed by atoms with E-state index in [4.69, 9.17) is 0 Å². The Morgan fingerprint density at radius 1 is 1.59 bits per heavy atom. The third-order valence-electron chi connectivity index (χ3n) is 3.25. The van der Waals surface area contributed by atoms with Crippen molar-refractivity contribution in [2.24, 2.45) is 0 Å². The molecule has 96 valence electrons. The van der Waals surface area contributed by atoms with Crippen LogP contribution >= 0.6 is 0 Å². The van der Waals surface area contributed by atoms with E-state index >= 15 is 0 Å². The van der Waals surface area contributed by atoms with Crippen molar-refractivity contribution in [2.75, 3.05) is 18.8 Å². The zero-order valence-corrected chi connectivity index (χ0v) is 11.1. The van der Waals surface area contributed by atoms with E-state index < -0.39 is 10.0 Å². The van der Waals surface area contributed by atoms with Gasteiger partial charge in [0.1, 0.15) is 5.82 Å². The van der Waals surface area contributed by atoms with E-state index in [0.29, 0.717) is 13.1 Å². The van der Waals surface area contributed by atoms with Crippen molar-refractivity contribution in [3.63, 3.8) is 0 Å². The number of aromatic nitrogens is 2. The lowest BCUT2D eigenvalue weighted by molar-refractivity contribution is 0.310. The molecule has 1 aliphatic rings. The summed E-state index contributed by atoms with van der Waals surface area (Å²) < 4.78 is 25.3. The van der Waals surface area contributed by atoms with Gasteiger partial charge >= 0.3 is 0 Å². The smallest absolute Gasteiger partial charge is 0.213 e. The van der Waals surface area contributed by atoms with E-state index in [-0.39, 0.29) is 11.7 Å². The van der Waals surface area contributed by atoms with Gasteiger partial charge in [0.25, 0.3) is 0 Å². The fourth-order valence-corrected chi connectivity index (χ4v) is 3.42. The van der Waals surface area contributed by atoms with Crippen molar-refractivity contribution < 1.29 is 8.42 Å². The predicted octanol–water partition coefficient (Wildman–Crippen LogP) is 1.25. The van der Waals surface area contributed by atoms with Gasteiger partial charge < -0.3 is 4.98 Å². The summed E-state index contributed by atoms with van der Waals surface area (Å²) in [7, 11) is -3.06. The summed E-state index contributed by atoms with van der Waals surface area (Å²) in [6.07, 6.45) is 3.70. The van der Waals surface area contributed by atoms with Gasteiger partial charge in [-0.3, -0.25) is 0 Å². The van der Waals surface area contributed by atoms with Crippen molar-refractivity contribution >= 4 is 10.0 Å². The number of hydrogen-bond acceptors (Lipinski definition) is 3.